The highest BCUT2D eigenvalue weighted by atomic mass is 32.2. The van der Waals surface area contributed by atoms with Crippen LogP contribution < -0.4 is 0 Å². The van der Waals surface area contributed by atoms with E-state index in [0.29, 0.717) is 5.56 Å². The number of aryl methyl sites for hydroxylation is 1. The number of hydrogen-bond donors (Lipinski definition) is 0. The molecule has 1 aliphatic rings. The second-order valence-electron chi connectivity index (χ2n) is 6.93. The van der Waals surface area contributed by atoms with Gasteiger partial charge in [0.25, 0.3) is 0 Å². The molecule has 3 aromatic rings. The van der Waals surface area contributed by atoms with Crippen molar-refractivity contribution in [2.45, 2.75) is 23.9 Å². The first-order chi connectivity index (χ1) is 14.2. The van der Waals surface area contributed by atoms with E-state index in [1.54, 1.807) is 37.3 Å². The van der Waals surface area contributed by atoms with Gasteiger partial charge in [0.15, 0.2) is 23.3 Å². The van der Waals surface area contributed by atoms with Crippen molar-refractivity contribution in [1.29, 1.82) is 0 Å². The summed E-state index contributed by atoms with van der Waals surface area (Å²) in [5.41, 5.74) is -0.0197. The van der Waals surface area contributed by atoms with Crippen molar-refractivity contribution in [2.24, 2.45) is 0 Å². The smallest absolute Gasteiger partial charge is 0.207 e. The quantitative estimate of drug-likeness (QED) is 0.243. The number of hydrogen-bond acceptors (Lipinski definition) is 2. The van der Waals surface area contributed by atoms with Crippen LogP contribution in [0, 0.1) is 36.0 Å². The van der Waals surface area contributed by atoms with Gasteiger partial charge in [0.2, 0.25) is 15.8 Å². The molecule has 0 aromatic heterocycles. The SMILES string of the molecule is Cc1ccc(S(=O)(=O)N2[C@H](c3ccccc3)[C@H]2c2c(F)c(F)c(F)c(F)c2F)cc1. The Balaban J connectivity index is 1.89. The number of halogens is 5. The van der Waals surface area contributed by atoms with Gasteiger partial charge in [-0.2, -0.15) is 4.31 Å². The topological polar surface area (TPSA) is 37.1 Å². The fourth-order valence-corrected chi connectivity index (χ4v) is 5.21. The van der Waals surface area contributed by atoms with Gasteiger partial charge in [-0.15, -0.1) is 0 Å². The van der Waals surface area contributed by atoms with E-state index >= 15 is 0 Å². The lowest BCUT2D eigenvalue weighted by Gasteiger charge is -2.09. The van der Waals surface area contributed by atoms with Gasteiger partial charge in [0.1, 0.15) is 0 Å². The lowest BCUT2D eigenvalue weighted by molar-refractivity contribution is 0.368. The molecule has 0 radical (unpaired) electrons. The molecule has 1 fully saturated rings. The molecule has 3 aromatic carbocycles. The summed E-state index contributed by atoms with van der Waals surface area (Å²) in [7, 11) is -4.29. The number of nitrogens with zero attached hydrogens (tertiary/aromatic N) is 1. The third-order valence-electron chi connectivity index (χ3n) is 5.03. The van der Waals surface area contributed by atoms with E-state index in [1.807, 2.05) is 0 Å². The van der Waals surface area contributed by atoms with Gasteiger partial charge in [-0.3, -0.25) is 0 Å². The molecule has 1 unspecified atom stereocenters. The molecule has 0 amide bonds. The van der Waals surface area contributed by atoms with Crippen molar-refractivity contribution in [3.05, 3.63) is 100 Å². The largest absolute Gasteiger partial charge is 0.244 e. The van der Waals surface area contributed by atoms with Crippen molar-refractivity contribution in [2.75, 3.05) is 0 Å². The molecule has 0 bridgehead atoms. The van der Waals surface area contributed by atoms with Crippen LogP contribution >= 0.6 is 0 Å². The molecule has 4 rings (SSSR count). The van der Waals surface area contributed by atoms with Crippen LogP contribution in [0.1, 0.15) is 28.8 Å². The molecule has 0 N–H and O–H groups in total. The van der Waals surface area contributed by atoms with Gasteiger partial charge in [-0.1, -0.05) is 48.0 Å². The van der Waals surface area contributed by atoms with E-state index in [1.165, 1.54) is 24.3 Å². The summed E-state index contributed by atoms with van der Waals surface area (Å²) < 4.78 is 97.0. The fourth-order valence-electron chi connectivity index (χ4n) is 3.49. The molecule has 0 saturated carbocycles. The van der Waals surface area contributed by atoms with Gasteiger partial charge < -0.3 is 0 Å². The summed E-state index contributed by atoms with van der Waals surface area (Å²) in [5.74, 6) is -10.6. The lowest BCUT2D eigenvalue weighted by atomic mass is 10.0. The van der Waals surface area contributed by atoms with E-state index < -0.39 is 56.8 Å². The molecule has 1 saturated heterocycles. The highest BCUT2D eigenvalue weighted by molar-refractivity contribution is 7.89. The molecule has 3 atom stereocenters. The Kier molecular flexibility index (Phi) is 4.90. The van der Waals surface area contributed by atoms with Gasteiger partial charge in [0.05, 0.1) is 22.5 Å². The van der Waals surface area contributed by atoms with Gasteiger partial charge in [-0.25, -0.2) is 30.4 Å². The predicted molar refractivity (Wildman–Crippen MR) is 98.4 cm³/mol. The van der Waals surface area contributed by atoms with Crippen LogP contribution in [0.15, 0.2) is 59.5 Å². The van der Waals surface area contributed by atoms with E-state index in [9.17, 15) is 30.4 Å². The Hall–Kier alpha value is -2.78. The Morgan fingerprint density at radius 2 is 1.20 bits per heavy atom. The molecule has 1 aliphatic heterocycles. The number of benzene rings is 3. The van der Waals surface area contributed by atoms with Gasteiger partial charge in [-0.05, 0) is 24.6 Å². The highest BCUT2D eigenvalue weighted by Crippen LogP contribution is 2.59. The van der Waals surface area contributed by atoms with E-state index in [-0.39, 0.29) is 4.90 Å². The number of sulfonamides is 1. The van der Waals surface area contributed by atoms with Crippen LogP contribution in [-0.2, 0) is 10.0 Å². The van der Waals surface area contributed by atoms with Crippen LogP contribution in [0.2, 0.25) is 0 Å². The second-order valence-corrected chi connectivity index (χ2v) is 8.78. The summed E-state index contributed by atoms with van der Waals surface area (Å²) in [6.07, 6.45) is 0. The molecule has 0 spiro atoms. The number of rotatable bonds is 4. The Bertz CT molecular complexity index is 1200. The molecule has 9 heteroatoms. The first-order valence-corrected chi connectivity index (χ1v) is 10.3. The maximum absolute atomic E-state index is 14.5. The van der Waals surface area contributed by atoms with Crippen LogP contribution in [0.5, 0.6) is 0 Å². The summed E-state index contributed by atoms with van der Waals surface area (Å²) in [6.45, 7) is 1.75. The van der Waals surface area contributed by atoms with E-state index in [2.05, 4.69) is 0 Å². The lowest BCUT2D eigenvalue weighted by Crippen LogP contribution is -2.15. The maximum atomic E-state index is 14.5. The summed E-state index contributed by atoms with van der Waals surface area (Å²) in [5, 5.41) is 0. The second kappa shape index (κ2) is 7.17. The van der Waals surface area contributed by atoms with Gasteiger partial charge in [0, 0.05) is 0 Å². The summed E-state index contributed by atoms with van der Waals surface area (Å²) >= 11 is 0. The Morgan fingerprint density at radius 3 is 1.73 bits per heavy atom. The molecule has 30 heavy (non-hydrogen) atoms. The minimum atomic E-state index is -4.29. The van der Waals surface area contributed by atoms with Crippen molar-refractivity contribution < 1.29 is 30.4 Å². The van der Waals surface area contributed by atoms with Crippen molar-refractivity contribution in [1.82, 2.24) is 4.31 Å². The molecule has 3 nitrogen and oxygen atoms in total. The predicted octanol–water partition coefficient (Wildman–Crippen LogP) is 5.18. The zero-order valence-corrected chi connectivity index (χ0v) is 16.2. The minimum Gasteiger partial charge on any atom is -0.207 e. The average molecular weight is 439 g/mol. The van der Waals surface area contributed by atoms with Crippen molar-refractivity contribution in [3.63, 3.8) is 0 Å². The molecule has 0 aliphatic carbocycles. The average Bonchev–Trinajstić information content (AvgIpc) is 3.48. The summed E-state index contributed by atoms with van der Waals surface area (Å²) in [6, 6.07) is 10.9. The van der Waals surface area contributed by atoms with Gasteiger partial charge >= 0.3 is 0 Å². The molecular formula is C21H14F5NO2S. The van der Waals surface area contributed by atoms with Crippen LogP contribution in [0.3, 0.4) is 0 Å². The van der Waals surface area contributed by atoms with E-state index in [0.717, 1.165) is 9.87 Å². The van der Waals surface area contributed by atoms with Crippen LogP contribution in [-0.4, -0.2) is 12.7 Å². The monoisotopic (exact) mass is 439 g/mol. The Labute approximate surface area is 169 Å². The summed E-state index contributed by atoms with van der Waals surface area (Å²) in [4.78, 5) is -0.152. The molecule has 1 heterocycles. The molecular weight excluding hydrogens is 425 g/mol. The first-order valence-electron chi connectivity index (χ1n) is 8.82. The van der Waals surface area contributed by atoms with Crippen molar-refractivity contribution in [3.8, 4) is 0 Å². The zero-order chi connectivity index (χ0) is 21.8. The molecule has 156 valence electrons. The third-order valence-corrected chi connectivity index (χ3v) is 6.91. The third kappa shape index (κ3) is 3.09. The van der Waals surface area contributed by atoms with Crippen molar-refractivity contribution >= 4 is 10.0 Å². The zero-order valence-electron chi connectivity index (χ0n) is 15.4. The normalized spacial score (nSPS) is 20.9. The first kappa shape index (κ1) is 20.5. The maximum Gasteiger partial charge on any atom is 0.244 e. The van der Waals surface area contributed by atoms with Crippen LogP contribution in [0.25, 0.3) is 0 Å². The standard InChI is InChI=1S/C21H14F5NO2S/c1-11-7-9-13(10-8-11)30(28,29)27-20(12-5-3-2-4-6-12)21(27)14-15(22)17(24)19(26)18(25)16(14)23/h2-10,20-21H,1H3/t20-,21-,27?/m1/s1. The Morgan fingerprint density at radius 1 is 0.700 bits per heavy atom. The highest BCUT2D eigenvalue weighted by Gasteiger charge is 2.59. The van der Waals surface area contributed by atoms with Crippen LogP contribution in [0.4, 0.5) is 22.0 Å². The van der Waals surface area contributed by atoms with E-state index in [4.69, 9.17) is 0 Å². The fraction of sp³-hybridized carbons (Fsp3) is 0.143. The minimum absolute atomic E-state index is 0.152.